The molecule has 5 rings (SSSR count). The lowest BCUT2D eigenvalue weighted by Gasteiger charge is -2.39. The highest BCUT2D eigenvalue weighted by Crippen LogP contribution is 2.50. The van der Waals surface area contributed by atoms with E-state index in [0.29, 0.717) is 11.1 Å². The van der Waals surface area contributed by atoms with E-state index in [1.807, 2.05) is 76.7 Å². The molecule has 0 aliphatic carbocycles. The van der Waals surface area contributed by atoms with Crippen LogP contribution in [0.5, 0.6) is 5.75 Å². The summed E-state index contributed by atoms with van der Waals surface area (Å²) in [6.45, 7) is 9.24. The van der Waals surface area contributed by atoms with Crippen LogP contribution in [-0.4, -0.2) is 42.6 Å². The van der Waals surface area contributed by atoms with Gasteiger partial charge in [0.15, 0.2) is 0 Å². The predicted octanol–water partition coefficient (Wildman–Crippen LogP) is 8.81. The number of anilines is 4. The molecule has 0 aromatic heterocycles. The Kier molecular flexibility index (Phi) is 9.32. The standard InChI is InChI=1S/C36H43N3O3SSi/c1-25(2)44(26(3)4,31-12-10-9-11-13-31)42-30-18-14-27(15-19-30)24-41-36(40)39-32-20-16-28(37(5)6)22-34(32)43-35-23-29(38(7)8)17-21-33(35)39/h9-23,25-26H,24H2,1-8H3. The first-order valence-electron chi connectivity index (χ1n) is 15.1. The second-order valence-corrected chi connectivity index (χ2v) is 18.1. The average Bonchev–Trinajstić information content (AvgIpc) is 3.01. The molecule has 1 amide bonds. The third kappa shape index (κ3) is 6.19. The summed E-state index contributed by atoms with van der Waals surface area (Å²) in [5.41, 5.74) is 5.49. The van der Waals surface area contributed by atoms with Gasteiger partial charge in [-0.05, 0) is 70.4 Å². The van der Waals surface area contributed by atoms with Crippen molar-refractivity contribution in [3.05, 3.63) is 96.6 Å². The van der Waals surface area contributed by atoms with E-state index in [-0.39, 0.29) is 6.61 Å². The van der Waals surface area contributed by atoms with Gasteiger partial charge in [0.05, 0.1) is 11.4 Å². The van der Waals surface area contributed by atoms with Gasteiger partial charge in [-0.25, -0.2) is 9.69 Å². The molecule has 0 unspecified atom stereocenters. The number of amides is 1. The zero-order chi connectivity index (χ0) is 31.6. The van der Waals surface area contributed by atoms with E-state index in [1.54, 1.807) is 16.7 Å². The Morgan fingerprint density at radius 2 is 1.27 bits per heavy atom. The summed E-state index contributed by atoms with van der Waals surface area (Å²) in [5, 5.41) is 1.30. The summed E-state index contributed by atoms with van der Waals surface area (Å²) < 4.78 is 12.9. The molecule has 0 atom stereocenters. The number of hydrogen-bond donors (Lipinski definition) is 0. The van der Waals surface area contributed by atoms with Crippen LogP contribution in [-0.2, 0) is 11.3 Å². The Labute approximate surface area is 267 Å². The van der Waals surface area contributed by atoms with Crippen LogP contribution < -0.4 is 24.3 Å². The monoisotopic (exact) mass is 625 g/mol. The van der Waals surface area contributed by atoms with Gasteiger partial charge in [0, 0.05) is 49.4 Å². The molecule has 0 fully saturated rings. The molecule has 1 heterocycles. The average molecular weight is 626 g/mol. The van der Waals surface area contributed by atoms with E-state index in [0.717, 1.165) is 43.9 Å². The van der Waals surface area contributed by atoms with E-state index in [4.69, 9.17) is 9.16 Å². The Balaban J connectivity index is 1.37. The van der Waals surface area contributed by atoms with Crippen molar-refractivity contribution in [2.75, 3.05) is 42.9 Å². The van der Waals surface area contributed by atoms with Gasteiger partial charge in [0.2, 0.25) is 0 Å². The lowest BCUT2D eigenvalue weighted by Crippen LogP contribution is -2.58. The Morgan fingerprint density at radius 1 is 0.750 bits per heavy atom. The van der Waals surface area contributed by atoms with Crippen LogP contribution in [0.25, 0.3) is 0 Å². The van der Waals surface area contributed by atoms with Crippen molar-refractivity contribution < 1.29 is 14.0 Å². The number of fused-ring (bicyclic) bond motifs is 2. The topological polar surface area (TPSA) is 45.3 Å². The maximum absolute atomic E-state index is 13.8. The molecule has 0 bridgehead atoms. The fourth-order valence-corrected chi connectivity index (χ4v) is 11.5. The van der Waals surface area contributed by atoms with Gasteiger partial charge in [-0.1, -0.05) is 81.9 Å². The molecule has 0 saturated heterocycles. The summed E-state index contributed by atoms with van der Waals surface area (Å²) >= 11 is 1.68. The van der Waals surface area contributed by atoms with Crippen LogP contribution in [0.2, 0.25) is 11.1 Å². The molecular formula is C36H43N3O3SSi. The summed E-state index contributed by atoms with van der Waals surface area (Å²) in [5.74, 6) is 0.849. The van der Waals surface area contributed by atoms with Crippen LogP contribution in [0, 0.1) is 0 Å². The molecule has 4 aromatic carbocycles. The van der Waals surface area contributed by atoms with Gasteiger partial charge in [0.25, 0.3) is 8.32 Å². The summed E-state index contributed by atoms with van der Waals surface area (Å²) in [6.07, 6.45) is -0.404. The number of ether oxygens (including phenoxy) is 1. The van der Waals surface area contributed by atoms with Crippen molar-refractivity contribution in [1.29, 1.82) is 0 Å². The van der Waals surface area contributed by atoms with Crippen LogP contribution in [0.3, 0.4) is 0 Å². The molecule has 1 aliphatic rings. The molecule has 0 saturated carbocycles. The lowest BCUT2D eigenvalue weighted by molar-refractivity contribution is 0.149. The van der Waals surface area contributed by atoms with Crippen molar-refractivity contribution in [2.45, 2.75) is 55.2 Å². The highest BCUT2D eigenvalue weighted by molar-refractivity contribution is 7.99. The Bertz CT molecular complexity index is 1540. The lowest BCUT2D eigenvalue weighted by atomic mass is 10.2. The fourth-order valence-electron chi connectivity index (χ4n) is 5.92. The first-order chi connectivity index (χ1) is 21.0. The van der Waals surface area contributed by atoms with Gasteiger partial charge in [-0.3, -0.25) is 0 Å². The van der Waals surface area contributed by atoms with Gasteiger partial charge in [-0.2, -0.15) is 0 Å². The number of carbonyl (C=O) groups is 1. The van der Waals surface area contributed by atoms with E-state index in [9.17, 15) is 4.79 Å². The summed E-state index contributed by atoms with van der Waals surface area (Å²) in [4.78, 5) is 21.6. The molecule has 0 spiro atoms. The van der Waals surface area contributed by atoms with Crippen molar-refractivity contribution in [3.8, 4) is 5.75 Å². The van der Waals surface area contributed by atoms with Gasteiger partial charge >= 0.3 is 6.09 Å². The van der Waals surface area contributed by atoms with Gasteiger partial charge in [0.1, 0.15) is 12.4 Å². The number of carbonyl (C=O) groups excluding carboxylic acids is 1. The maximum atomic E-state index is 13.8. The minimum atomic E-state index is -2.33. The van der Waals surface area contributed by atoms with Crippen molar-refractivity contribution in [2.24, 2.45) is 0 Å². The Morgan fingerprint density at radius 3 is 1.75 bits per heavy atom. The zero-order valence-electron chi connectivity index (χ0n) is 27.0. The normalized spacial score (nSPS) is 12.5. The Hall–Kier alpha value is -3.88. The maximum Gasteiger partial charge on any atom is 0.419 e. The third-order valence-electron chi connectivity index (χ3n) is 8.32. The zero-order valence-corrected chi connectivity index (χ0v) is 28.8. The largest absolute Gasteiger partial charge is 0.538 e. The SMILES string of the molecule is CC(C)[Si](Oc1ccc(COC(=O)N2c3ccc(N(C)C)cc3Sc3cc(N(C)C)ccc32)cc1)(c1ccccc1)C(C)C. The molecular weight excluding hydrogens is 583 g/mol. The smallest absolute Gasteiger partial charge is 0.419 e. The molecule has 8 heteroatoms. The summed E-state index contributed by atoms with van der Waals surface area (Å²) in [7, 11) is 5.74. The van der Waals surface area contributed by atoms with Crippen LogP contribution in [0.4, 0.5) is 27.5 Å². The third-order valence-corrected chi connectivity index (χ3v) is 14.7. The van der Waals surface area contributed by atoms with Gasteiger partial charge < -0.3 is 19.0 Å². The quantitative estimate of drug-likeness (QED) is 0.173. The van der Waals surface area contributed by atoms with Crippen LogP contribution in [0.15, 0.2) is 101 Å². The van der Waals surface area contributed by atoms with Crippen LogP contribution >= 0.6 is 11.8 Å². The molecule has 230 valence electrons. The van der Waals surface area contributed by atoms with Crippen molar-refractivity contribution in [3.63, 3.8) is 0 Å². The second-order valence-electron chi connectivity index (χ2n) is 12.3. The van der Waals surface area contributed by atoms with Crippen LogP contribution in [0.1, 0.15) is 33.3 Å². The highest BCUT2D eigenvalue weighted by Gasteiger charge is 2.46. The molecule has 0 N–H and O–H groups in total. The highest BCUT2D eigenvalue weighted by atomic mass is 32.2. The number of hydrogen-bond acceptors (Lipinski definition) is 6. The molecule has 4 aromatic rings. The minimum absolute atomic E-state index is 0.161. The second kappa shape index (κ2) is 13.0. The van der Waals surface area contributed by atoms with E-state index >= 15 is 0 Å². The molecule has 0 radical (unpaired) electrons. The van der Waals surface area contributed by atoms with Crippen molar-refractivity contribution in [1.82, 2.24) is 0 Å². The van der Waals surface area contributed by atoms with E-state index in [1.165, 1.54) is 5.19 Å². The predicted molar refractivity (Wildman–Crippen MR) is 187 cm³/mol. The molecule has 6 nitrogen and oxygen atoms in total. The first-order valence-corrected chi connectivity index (χ1v) is 18.0. The van der Waals surface area contributed by atoms with Crippen molar-refractivity contribution >= 4 is 54.1 Å². The first kappa shape index (κ1) is 31.5. The number of rotatable bonds is 9. The molecule has 44 heavy (non-hydrogen) atoms. The summed E-state index contributed by atoms with van der Waals surface area (Å²) in [6, 6.07) is 31.0. The van der Waals surface area contributed by atoms with Gasteiger partial charge in [-0.15, -0.1) is 0 Å². The van der Waals surface area contributed by atoms with E-state index in [2.05, 4.69) is 80.0 Å². The number of benzene rings is 4. The fraction of sp³-hybridized carbons (Fsp3) is 0.306. The minimum Gasteiger partial charge on any atom is -0.538 e. The van der Waals surface area contributed by atoms with E-state index < -0.39 is 14.4 Å². The molecule has 1 aliphatic heterocycles. The number of nitrogens with zero attached hydrogens (tertiary/aromatic N) is 3.